The highest BCUT2D eigenvalue weighted by molar-refractivity contribution is 7.70. The van der Waals surface area contributed by atoms with E-state index in [1.165, 1.54) is 6.20 Å². The van der Waals surface area contributed by atoms with Crippen molar-refractivity contribution in [3.63, 3.8) is 0 Å². The first kappa shape index (κ1) is 24.6. The van der Waals surface area contributed by atoms with Gasteiger partial charge in [-0.2, -0.15) is 10.1 Å². The van der Waals surface area contributed by atoms with Crippen LogP contribution in [0.1, 0.15) is 24.6 Å². The van der Waals surface area contributed by atoms with Gasteiger partial charge < -0.3 is 20.1 Å². The first-order valence-corrected chi connectivity index (χ1v) is 14.3. The molecule has 0 spiro atoms. The van der Waals surface area contributed by atoms with Crippen LogP contribution < -0.4 is 15.9 Å². The number of nitrogens with zero attached hydrogens (tertiary/aromatic N) is 5. The van der Waals surface area contributed by atoms with E-state index in [4.69, 9.17) is 11.6 Å². The van der Waals surface area contributed by atoms with Crippen LogP contribution in [0.4, 0.5) is 27.5 Å². The van der Waals surface area contributed by atoms with Crippen LogP contribution in [0, 0.1) is 6.92 Å². The summed E-state index contributed by atoms with van der Waals surface area (Å²) >= 11 is 6.36. The third kappa shape index (κ3) is 5.59. The lowest BCUT2D eigenvalue weighted by atomic mass is 10.1. The third-order valence-electron chi connectivity index (χ3n) is 6.08. The van der Waals surface area contributed by atoms with Crippen molar-refractivity contribution < 1.29 is 8.96 Å². The summed E-state index contributed by atoms with van der Waals surface area (Å²) in [6.07, 6.45) is 5.17. The molecule has 0 atom stereocenters. The molecule has 0 aliphatic carbocycles. The summed E-state index contributed by atoms with van der Waals surface area (Å²) < 4.78 is 27.3. The number of para-hydroxylation sites is 1. The Bertz CT molecular complexity index is 1190. The number of hydrogen-bond donors (Lipinski definition) is 2. The molecule has 2 N–H and O–H groups in total. The standard InChI is InChI=1S/C23H30ClFN7OP/c1-16-20(15-27-32(16)17-8-11-31(12-9-17)13-10-25)29-23-26-14-18(24)22(30-23)28-19-6-4-5-7-21(19)34(2,3)33/h4-7,14-15,17H,8-13H2,1-3H3,(H2,26,28,29,30). The minimum atomic E-state index is -2.50. The van der Waals surface area contributed by atoms with Gasteiger partial charge in [0, 0.05) is 24.9 Å². The number of nitrogens with one attached hydrogen (secondary N) is 2. The van der Waals surface area contributed by atoms with Crippen LogP contribution in [0.15, 0.2) is 36.7 Å². The highest BCUT2D eigenvalue weighted by Gasteiger charge is 2.23. The van der Waals surface area contributed by atoms with Crippen molar-refractivity contribution in [2.45, 2.75) is 25.8 Å². The Morgan fingerprint density at radius 3 is 2.59 bits per heavy atom. The molecule has 34 heavy (non-hydrogen) atoms. The fraction of sp³-hybridized carbons (Fsp3) is 0.435. The minimum Gasteiger partial charge on any atom is -0.338 e. The maximum absolute atomic E-state index is 12.7. The molecule has 3 heterocycles. The predicted molar refractivity (Wildman–Crippen MR) is 137 cm³/mol. The van der Waals surface area contributed by atoms with E-state index in [1.807, 2.05) is 35.9 Å². The Labute approximate surface area is 204 Å². The average Bonchev–Trinajstić information content (AvgIpc) is 3.16. The van der Waals surface area contributed by atoms with E-state index in [0.29, 0.717) is 29.0 Å². The van der Waals surface area contributed by atoms with Gasteiger partial charge in [-0.1, -0.05) is 23.7 Å². The van der Waals surface area contributed by atoms with E-state index in [9.17, 15) is 8.96 Å². The maximum Gasteiger partial charge on any atom is 0.229 e. The van der Waals surface area contributed by atoms with Gasteiger partial charge in [0.05, 0.1) is 35.5 Å². The summed E-state index contributed by atoms with van der Waals surface area (Å²) in [7, 11) is -2.50. The predicted octanol–water partition coefficient (Wildman–Crippen LogP) is 4.98. The molecule has 1 aliphatic rings. The lowest BCUT2D eigenvalue weighted by Crippen LogP contribution is -2.36. The summed E-state index contributed by atoms with van der Waals surface area (Å²) in [6, 6.07) is 7.71. The number of alkyl halides is 1. The van der Waals surface area contributed by atoms with Gasteiger partial charge in [-0.25, -0.2) is 9.37 Å². The van der Waals surface area contributed by atoms with E-state index in [2.05, 4.69) is 30.6 Å². The normalized spacial score (nSPS) is 15.4. The Morgan fingerprint density at radius 2 is 1.88 bits per heavy atom. The highest BCUT2D eigenvalue weighted by atomic mass is 35.5. The molecule has 0 radical (unpaired) electrons. The molecule has 0 unspecified atom stereocenters. The zero-order valence-corrected chi connectivity index (χ0v) is 21.3. The second kappa shape index (κ2) is 10.4. The summed E-state index contributed by atoms with van der Waals surface area (Å²) in [5, 5.41) is 12.1. The molecule has 0 saturated carbocycles. The number of likely N-dealkylation sites (tertiary alicyclic amines) is 1. The van der Waals surface area contributed by atoms with Gasteiger partial charge in [-0.05, 0) is 45.2 Å². The molecular formula is C23H30ClFN7OP. The Morgan fingerprint density at radius 1 is 1.15 bits per heavy atom. The second-order valence-electron chi connectivity index (χ2n) is 8.86. The van der Waals surface area contributed by atoms with E-state index in [-0.39, 0.29) is 12.7 Å². The fourth-order valence-electron chi connectivity index (χ4n) is 4.23. The van der Waals surface area contributed by atoms with Crippen molar-refractivity contribution >= 4 is 47.2 Å². The van der Waals surface area contributed by atoms with Crippen LogP contribution in [-0.2, 0) is 4.57 Å². The smallest absolute Gasteiger partial charge is 0.229 e. The van der Waals surface area contributed by atoms with Crippen molar-refractivity contribution in [3.05, 3.63) is 47.4 Å². The minimum absolute atomic E-state index is 0.282. The van der Waals surface area contributed by atoms with Crippen LogP contribution in [0.5, 0.6) is 0 Å². The number of anilines is 4. The van der Waals surface area contributed by atoms with Gasteiger partial charge in [-0.15, -0.1) is 0 Å². The van der Waals surface area contributed by atoms with Crippen LogP contribution >= 0.6 is 18.7 Å². The topological polar surface area (TPSA) is 88.0 Å². The molecule has 2 aromatic heterocycles. The van der Waals surface area contributed by atoms with Crippen molar-refractivity contribution in [3.8, 4) is 0 Å². The highest BCUT2D eigenvalue weighted by Crippen LogP contribution is 2.38. The van der Waals surface area contributed by atoms with E-state index < -0.39 is 7.14 Å². The van der Waals surface area contributed by atoms with Crippen LogP contribution in [0.3, 0.4) is 0 Å². The maximum atomic E-state index is 12.7. The van der Waals surface area contributed by atoms with Crippen LogP contribution in [0.25, 0.3) is 0 Å². The number of rotatable bonds is 8. The Kier molecular flexibility index (Phi) is 7.55. The van der Waals surface area contributed by atoms with Gasteiger partial charge in [0.15, 0.2) is 5.82 Å². The summed E-state index contributed by atoms with van der Waals surface area (Å²) in [5.74, 6) is 0.798. The average molecular weight is 506 g/mol. The quantitative estimate of drug-likeness (QED) is 0.417. The van der Waals surface area contributed by atoms with Gasteiger partial charge >= 0.3 is 0 Å². The molecule has 1 aliphatic heterocycles. The number of benzene rings is 1. The zero-order valence-electron chi connectivity index (χ0n) is 19.6. The molecule has 1 saturated heterocycles. The van der Waals surface area contributed by atoms with Gasteiger partial charge in [0.25, 0.3) is 0 Å². The van der Waals surface area contributed by atoms with Crippen molar-refractivity contribution in [2.24, 2.45) is 0 Å². The van der Waals surface area contributed by atoms with E-state index in [0.717, 1.165) is 42.6 Å². The van der Waals surface area contributed by atoms with Crippen molar-refractivity contribution in [1.82, 2.24) is 24.6 Å². The molecule has 3 aromatic rings. The molecule has 11 heteroatoms. The van der Waals surface area contributed by atoms with Gasteiger partial charge in [0.1, 0.15) is 18.8 Å². The number of hydrogen-bond acceptors (Lipinski definition) is 7. The lowest BCUT2D eigenvalue weighted by molar-refractivity contribution is 0.168. The first-order valence-electron chi connectivity index (χ1n) is 11.3. The molecule has 1 aromatic carbocycles. The Balaban J connectivity index is 1.50. The van der Waals surface area contributed by atoms with Crippen LogP contribution in [0.2, 0.25) is 5.02 Å². The third-order valence-corrected chi connectivity index (χ3v) is 7.90. The molecule has 8 nitrogen and oxygen atoms in total. The van der Waals surface area contributed by atoms with E-state index >= 15 is 0 Å². The van der Waals surface area contributed by atoms with Crippen LogP contribution in [-0.4, -0.2) is 64.3 Å². The summed E-state index contributed by atoms with van der Waals surface area (Å²) in [6.45, 7) is 7.40. The zero-order chi connectivity index (χ0) is 24.3. The second-order valence-corrected chi connectivity index (χ2v) is 12.4. The molecule has 4 rings (SSSR count). The van der Waals surface area contributed by atoms with E-state index in [1.54, 1.807) is 19.5 Å². The fourth-order valence-corrected chi connectivity index (χ4v) is 5.53. The number of halogens is 2. The van der Waals surface area contributed by atoms with Gasteiger partial charge in [0.2, 0.25) is 5.95 Å². The summed E-state index contributed by atoms with van der Waals surface area (Å²) in [4.78, 5) is 11.0. The SMILES string of the molecule is Cc1c(Nc2ncc(Cl)c(Nc3ccccc3P(C)(C)=O)n2)cnn1C1CCN(CCF)CC1. The lowest BCUT2D eigenvalue weighted by Gasteiger charge is -2.31. The molecular weight excluding hydrogens is 476 g/mol. The summed E-state index contributed by atoms with van der Waals surface area (Å²) in [5.41, 5.74) is 2.50. The molecule has 1 fully saturated rings. The molecule has 0 bridgehead atoms. The first-order chi connectivity index (χ1) is 16.3. The molecule has 182 valence electrons. The molecule has 0 amide bonds. The van der Waals surface area contributed by atoms with Crippen molar-refractivity contribution in [1.29, 1.82) is 0 Å². The van der Waals surface area contributed by atoms with Gasteiger partial charge in [-0.3, -0.25) is 4.68 Å². The number of piperidine rings is 1. The largest absolute Gasteiger partial charge is 0.338 e. The van der Waals surface area contributed by atoms with Crippen molar-refractivity contribution in [2.75, 3.05) is 50.3 Å². The Hall–Kier alpha value is -2.48. The number of aromatic nitrogens is 4. The monoisotopic (exact) mass is 505 g/mol.